The Morgan fingerprint density at radius 2 is 1.89 bits per heavy atom. The Morgan fingerprint density at radius 1 is 1.07 bits per heavy atom. The van der Waals surface area contributed by atoms with Crippen molar-refractivity contribution in [2.24, 2.45) is 11.7 Å². The van der Waals surface area contributed by atoms with Crippen molar-refractivity contribution in [1.82, 2.24) is 35.6 Å². The number of nitrogen functional groups attached to an aromatic ring is 1. The van der Waals surface area contributed by atoms with E-state index < -0.39 is 12.0 Å². The molecule has 0 radical (unpaired) electrons. The van der Waals surface area contributed by atoms with Gasteiger partial charge in [-0.05, 0) is 70.5 Å². The lowest BCUT2D eigenvalue weighted by atomic mass is 9.91. The lowest BCUT2D eigenvalue weighted by Gasteiger charge is -2.33. The van der Waals surface area contributed by atoms with Gasteiger partial charge >= 0.3 is 5.97 Å². The monoisotopic (exact) mass is 613 g/mol. The van der Waals surface area contributed by atoms with Crippen molar-refractivity contribution < 1.29 is 14.7 Å². The summed E-state index contributed by atoms with van der Waals surface area (Å²) in [5, 5.41) is 27.9. The summed E-state index contributed by atoms with van der Waals surface area (Å²) in [5.74, 6) is 0.616. The van der Waals surface area contributed by atoms with E-state index in [-0.39, 0.29) is 24.5 Å². The van der Waals surface area contributed by atoms with Crippen LogP contribution in [0.4, 0.5) is 17.6 Å². The number of ketones is 1. The van der Waals surface area contributed by atoms with Gasteiger partial charge in [-0.15, -0.1) is 5.10 Å². The summed E-state index contributed by atoms with van der Waals surface area (Å²) < 4.78 is 1.86. The first kappa shape index (κ1) is 33.5. The second-order valence-corrected chi connectivity index (χ2v) is 12.2. The van der Waals surface area contributed by atoms with Gasteiger partial charge in [-0.3, -0.25) is 14.3 Å². The molecule has 44 heavy (non-hydrogen) atoms. The second-order valence-electron chi connectivity index (χ2n) is 12.2. The van der Waals surface area contributed by atoms with Crippen LogP contribution in [0.25, 0.3) is 0 Å². The molecule has 0 bridgehead atoms. The fourth-order valence-electron chi connectivity index (χ4n) is 6.01. The number of nitrogens with zero attached hydrogens (tertiary/aromatic N) is 6. The van der Waals surface area contributed by atoms with Crippen molar-refractivity contribution in [1.29, 1.82) is 0 Å². The van der Waals surface area contributed by atoms with Gasteiger partial charge in [-0.1, -0.05) is 24.5 Å². The smallest absolute Gasteiger partial charge is 0.320 e. The Labute approximate surface area is 260 Å². The molecule has 0 spiro atoms. The number of aryl methyl sites for hydroxylation is 1. The topological polar surface area (TPSA) is 202 Å². The number of rotatable bonds is 19. The number of carboxylic acids is 1. The minimum Gasteiger partial charge on any atom is -0.480 e. The Hall–Kier alpha value is -3.36. The third-order valence-electron chi connectivity index (χ3n) is 8.47. The highest BCUT2D eigenvalue weighted by atomic mass is 16.4. The third-order valence-corrected chi connectivity index (χ3v) is 8.47. The van der Waals surface area contributed by atoms with Gasteiger partial charge < -0.3 is 37.4 Å². The molecular formula is C30H51N11O3. The van der Waals surface area contributed by atoms with E-state index >= 15 is 0 Å². The number of nitrogens with one attached hydrogen (secondary N) is 3. The van der Waals surface area contributed by atoms with Crippen molar-refractivity contribution in [3.8, 4) is 0 Å². The zero-order valence-corrected chi connectivity index (χ0v) is 25.9. The number of carbonyl (C=O) groups is 2. The van der Waals surface area contributed by atoms with Crippen LogP contribution < -0.4 is 32.3 Å². The average molecular weight is 614 g/mol. The fraction of sp³-hybridized carbons (Fsp3) is 0.733. The number of hydrogen-bond donors (Lipinski definition) is 6. The highest BCUT2D eigenvalue weighted by Gasteiger charge is 2.24. The number of aromatic nitrogens is 5. The zero-order valence-electron chi connectivity index (χ0n) is 25.9. The molecule has 1 saturated carbocycles. The average Bonchev–Trinajstić information content (AvgIpc) is 3.48. The van der Waals surface area contributed by atoms with E-state index in [0.717, 1.165) is 70.1 Å². The molecule has 0 amide bonds. The van der Waals surface area contributed by atoms with Crippen LogP contribution in [0.15, 0.2) is 12.3 Å². The quantitative estimate of drug-likeness (QED) is 0.126. The van der Waals surface area contributed by atoms with E-state index in [1.807, 2.05) is 10.9 Å². The summed E-state index contributed by atoms with van der Waals surface area (Å²) in [5.41, 5.74) is 12.4. The van der Waals surface area contributed by atoms with Crippen LogP contribution in [-0.4, -0.2) is 86.6 Å². The molecule has 2 aromatic rings. The summed E-state index contributed by atoms with van der Waals surface area (Å²) in [7, 11) is 0. The van der Waals surface area contributed by atoms with Crippen LogP contribution in [0.1, 0.15) is 82.7 Å². The predicted molar refractivity (Wildman–Crippen MR) is 170 cm³/mol. The SMILES string of the molecule is Nc1cc(N2CCCC(CC(=O)CC[C@H](N)C(=O)O)C2)nc(NCc2cn(CCCNCCCNC3CCCCC3)nn2)n1. The van der Waals surface area contributed by atoms with Crippen molar-refractivity contribution in [2.75, 3.05) is 48.7 Å². The second kappa shape index (κ2) is 17.8. The minimum absolute atomic E-state index is 0.0417. The van der Waals surface area contributed by atoms with Crippen molar-refractivity contribution in [2.45, 2.75) is 102 Å². The van der Waals surface area contributed by atoms with E-state index in [1.165, 1.54) is 32.1 Å². The van der Waals surface area contributed by atoms with Crippen LogP contribution in [0.3, 0.4) is 0 Å². The third kappa shape index (κ3) is 11.6. The number of hydrogen-bond acceptors (Lipinski definition) is 12. The summed E-state index contributed by atoms with van der Waals surface area (Å²) in [4.78, 5) is 34.5. The highest BCUT2D eigenvalue weighted by Crippen LogP contribution is 2.26. The normalized spacial score (nSPS) is 18.3. The molecule has 2 aliphatic rings. The zero-order chi connectivity index (χ0) is 31.1. The Kier molecular flexibility index (Phi) is 13.6. The van der Waals surface area contributed by atoms with E-state index in [4.69, 9.17) is 16.6 Å². The molecule has 1 aliphatic heterocycles. The Morgan fingerprint density at radius 3 is 2.70 bits per heavy atom. The Bertz CT molecular complexity index is 1170. The number of piperidine rings is 1. The molecule has 8 N–H and O–H groups in total. The minimum atomic E-state index is -1.08. The molecule has 1 unspecified atom stereocenters. The summed E-state index contributed by atoms with van der Waals surface area (Å²) in [6.07, 6.45) is 13.4. The number of aliphatic carboxylic acids is 1. The first-order chi connectivity index (χ1) is 21.4. The van der Waals surface area contributed by atoms with Crippen LogP contribution in [0.5, 0.6) is 0 Å². The summed E-state index contributed by atoms with van der Waals surface area (Å²) >= 11 is 0. The van der Waals surface area contributed by atoms with Crippen LogP contribution in [0.2, 0.25) is 0 Å². The van der Waals surface area contributed by atoms with Gasteiger partial charge in [0.1, 0.15) is 29.2 Å². The number of carbonyl (C=O) groups excluding carboxylic acids is 1. The molecule has 2 atom stereocenters. The lowest BCUT2D eigenvalue weighted by molar-refractivity contribution is -0.138. The highest BCUT2D eigenvalue weighted by molar-refractivity contribution is 5.80. The molecule has 14 nitrogen and oxygen atoms in total. The number of carboxylic acid groups (broad SMARTS) is 1. The maximum absolute atomic E-state index is 12.4. The Balaban J connectivity index is 1.14. The molecule has 244 valence electrons. The predicted octanol–water partition coefficient (Wildman–Crippen LogP) is 1.92. The van der Waals surface area contributed by atoms with Gasteiger partial charge in [0, 0.05) is 44.6 Å². The van der Waals surface area contributed by atoms with Crippen LogP contribution >= 0.6 is 0 Å². The van der Waals surface area contributed by atoms with Gasteiger partial charge in [0.05, 0.1) is 12.7 Å². The molecular weight excluding hydrogens is 562 g/mol. The standard InChI is InChI=1S/C30H51N11O3/c31-26(29(43)44)11-10-25(42)17-22-7-4-15-40(20-22)28-18-27(32)36-30(37-28)35-19-24-21-41(39-38-24)16-6-13-33-12-5-14-34-23-8-2-1-3-9-23/h18,21-23,26,33-34H,1-17,19-20,31H2,(H,43,44)(H3,32,35,36,37)/t22?,26-/m0/s1. The number of Topliss-reactive ketones (excluding diaryl/α,β-unsaturated/α-hetero) is 1. The molecule has 2 aromatic heterocycles. The van der Waals surface area contributed by atoms with Crippen molar-refractivity contribution in [3.63, 3.8) is 0 Å². The number of nitrogens with two attached hydrogens (primary N) is 2. The van der Waals surface area contributed by atoms with Crippen LogP contribution in [0, 0.1) is 5.92 Å². The van der Waals surface area contributed by atoms with Gasteiger partial charge in [0.2, 0.25) is 5.95 Å². The van der Waals surface area contributed by atoms with E-state index in [9.17, 15) is 9.59 Å². The van der Waals surface area contributed by atoms with Gasteiger partial charge in [0.25, 0.3) is 0 Å². The van der Waals surface area contributed by atoms with Crippen molar-refractivity contribution >= 4 is 29.3 Å². The van der Waals surface area contributed by atoms with Gasteiger partial charge in [0.15, 0.2) is 0 Å². The van der Waals surface area contributed by atoms with E-state index in [0.29, 0.717) is 37.1 Å². The van der Waals surface area contributed by atoms with E-state index in [1.54, 1.807) is 6.07 Å². The first-order valence-electron chi connectivity index (χ1n) is 16.3. The van der Waals surface area contributed by atoms with Gasteiger partial charge in [-0.2, -0.15) is 9.97 Å². The largest absolute Gasteiger partial charge is 0.480 e. The van der Waals surface area contributed by atoms with Crippen LogP contribution in [-0.2, 0) is 22.7 Å². The molecule has 4 rings (SSSR count). The van der Waals surface area contributed by atoms with Gasteiger partial charge in [-0.25, -0.2) is 0 Å². The maximum Gasteiger partial charge on any atom is 0.320 e. The maximum atomic E-state index is 12.4. The lowest BCUT2D eigenvalue weighted by Crippen LogP contribution is -2.37. The molecule has 1 saturated heterocycles. The fourth-order valence-corrected chi connectivity index (χ4v) is 6.01. The molecule has 3 heterocycles. The molecule has 1 aliphatic carbocycles. The first-order valence-corrected chi connectivity index (χ1v) is 16.3. The molecule has 2 fully saturated rings. The summed E-state index contributed by atoms with van der Waals surface area (Å²) in [6.45, 7) is 5.76. The number of anilines is 3. The molecule has 0 aromatic carbocycles. The molecule has 14 heteroatoms. The van der Waals surface area contributed by atoms with E-state index in [2.05, 4.69) is 41.1 Å². The summed E-state index contributed by atoms with van der Waals surface area (Å²) in [6, 6.07) is 1.47. The van der Waals surface area contributed by atoms with Crippen molar-refractivity contribution in [3.05, 3.63) is 18.0 Å².